The first-order valence-electron chi connectivity index (χ1n) is 6.10. The number of hydrogen-bond acceptors (Lipinski definition) is 3. The highest BCUT2D eigenvalue weighted by molar-refractivity contribution is 5.92. The highest BCUT2D eigenvalue weighted by Gasteiger charge is 2.01. The molecule has 0 aromatic heterocycles. The van der Waals surface area contributed by atoms with E-state index in [2.05, 4.69) is 24.1 Å². The third-order valence-corrected chi connectivity index (χ3v) is 2.19. The Hall–Kier alpha value is -1.81. The molecule has 0 unspecified atom stereocenters. The molecule has 98 valence electrons. The molecule has 0 heterocycles. The van der Waals surface area contributed by atoms with Gasteiger partial charge in [0.05, 0.1) is 13.2 Å². The number of ether oxygens (including phenoxy) is 1. The standard InChI is InChI=1S/C14H20N2O2/c1-3-9-15-11-14(17)16-12-5-7-13(8-6-12)18-10-4-2/h3,5-8,15H,1,4,9-11H2,2H3,(H,16,17). The maximum Gasteiger partial charge on any atom is 0.238 e. The van der Waals surface area contributed by atoms with Gasteiger partial charge in [0, 0.05) is 12.2 Å². The Labute approximate surface area is 108 Å². The summed E-state index contributed by atoms with van der Waals surface area (Å²) in [6.45, 7) is 7.23. The van der Waals surface area contributed by atoms with E-state index in [4.69, 9.17) is 4.74 Å². The zero-order chi connectivity index (χ0) is 13.2. The van der Waals surface area contributed by atoms with Crippen LogP contribution in [0, 0.1) is 0 Å². The molecule has 4 nitrogen and oxygen atoms in total. The SMILES string of the molecule is C=CCNCC(=O)Nc1ccc(OCCC)cc1. The second kappa shape index (κ2) is 8.31. The zero-order valence-corrected chi connectivity index (χ0v) is 10.7. The van der Waals surface area contributed by atoms with Crippen molar-refractivity contribution >= 4 is 11.6 Å². The highest BCUT2D eigenvalue weighted by Crippen LogP contribution is 2.15. The second-order valence-corrected chi connectivity index (χ2v) is 3.84. The van der Waals surface area contributed by atoms with Crippen LogP contribution in [-0.2, 0) is 4.79 Å². The number of carbonyl (C=O) groups excluding carboxylic acids is 1. The van der Waals surface area contributed by atoms with Gasteiger partial charge in [0.25, 0.3) is 0 Å². The van der Waals surface area contributed by atoms with Crippen LogP contribution < -0.4 is 15.4 Å². The molecule has 0 aliphatic carbocycles. The fourth-order valence-electron chi connectivity index (χ4n) is 1.35. The Morgan fingerprint density at radius 2 is 2.11 bits per heavy atom. The Bertz CT molecular complexity index is 374. The van der Waals surface area contributed by atoms with Gasteiger partial charge in [-0.05, 0) is 30.7 Å². The quantitative estimate of drug-likeness (QED) is 0.547. The molecule has 2 N–H and O–H groups in total. The van der Waals surface area contributed by atoms with Crippen LogP contribution in [-0.4, -0.2) is 25.6 Å². The largest absolute Gasteiger partial charge is 0.494 e. The number of hydrogen-bond donors (Lipinski definition) is 2. The van der Waals surface area contributed by atoms with Crippen LogP contribution in [0.2, 0.25) is 0 Å². The maximum atomic E-state index is 11.5. The summed E-state index contributed by atoms with van der Waals surface area (Å²) in [6.07, 6.45) is 2.70. The minimum atomic E-state index is -0.0703. The number of nitrogens with one attached hydrogen (secondary N) is 2. The third-order valence-electron chi connectivity index (χ3n) is 2.19. The molecule has 1 amide bonds. The van der Waals surface area contributed by atoms with Crippen molar-refractivity contribution in [1.29, 1.82) is 0 Å². The summed E-state index contributed by atoms with van der Waals surface area (Å²) in [5, 5.41) is 5.73. The molecule has 0 saturated carbocycles. The van der Waals surface area contributed by atoms with Gasteiger partial charge in [0.1, 0.15) is 5.75 Å². The van der Waals surface area contributed by atoms with Crippen molar-refractivity contribution in [3.05, 3.63) is 36.9 Å². The van der Waals surface area contributed by atoms with E-state index in [0.717, 1.165) is 17.9 Å². The molecule has 18 heavy (non-hydrogen) atoms. The number of amides is 1. The van der Waals surface area contributed by atoms with Crippen molar-refractivity contribution in [3.8, 4) is 5.75 Å². The summed E-state index contributed by atoms with van der Waals surface area (Å²) in [5.41, 5.74) is 0.768. The fraction of sp³-hybridized carbons (Fsp3) is 0.357. The van der Waals surface area contributed by atoms with E-state index in [9.17, 15) is 4.79 Å². The summed E-state index contributed by atoms with van der Waals surface area (Å²) >= 11 is 0. The molecule has 0 bridgehead atoms. The van der Waals surface area contributed by atoms with E-state index in [1.807, 2.05) is 24.3 Å². The van der Waals surface area contributed by atoms with Crippen LogP contribution in [0.5, 0.6) is 5.75 Å². The van der Waals surface area contributed by atoms with Gasteiger partial charge in [-0.2, -0.15) is 0 Å². The first-order valence-corrected chi connectivity index (χ1v) is 6.10. The summed E-state index contributed by atoms with van der Waals surface area (Å²) in [4.78, 5) is 11.5. The van der Waals surface area contributed by atoms with E-state index in [1.54, 1.807) is 6.08 Å². The molecule has 1 rings (SSSR count). The molecule has 0 atom stereocenters. The average molecular weight is 248 g/mol. The smallest absolute Gasteiger partial charge is 0.238 e. The Kier molecular flexibility index (Phi) is 6.58. The predicted octanol–water partition coefficient (Wildman–Crippen LogP) is 2.19. The molecule has 1 aromatic carbocycles. The van der Waals surface area contributed by atoms with Gasteiger partial charge in [-0.15, -0.1) is 6.58 Å². The van der Waals surface area contributed by atoms with Crippen molar-refractivity contribution in [3.63, 3.8) is 0 Å². The van der Waals surface area contributed by atoms with Gasteiger partial charge < -0.3 is 15.4 Å². The Balaban J connectivity index is 2.38. The van der Waals surface area contributed by atoms with Crippen molar-refractivity contribution in [2.45, 2.75) is 13.3 Å². The minimum absolute atomic E-state index is 0.0703. The molecular formula is C14H20N2O2. The molecule has 0 aliphatic rings. The third kappa shape index (κ3) is 5.50. The van der Waals surface area contributed by atoms with Crippen LogP contribution in [0.15, 0.2) is 36.9 Å². The monoisotopic (exact) mass is 248 g/mol. The number of carbonyl (C=O) groups is 1. The van der Waals surface area contributed by atoms with Crippen molar-refractivity contribution in [2.75, 3.05) is 25.0 Å². The van der Waals surface area contributed by atoms with Gasteiger partial charge in [0.15, 0.2) is 0 Å². The lowest BCUT2D eigenvalue weighted by Gasteiger charge is -2.07. The molecule has 0 radical (unpaired) electrons. The number of rotatable bonds is 8. The summed E-state index contributed by atoms with van der Waals surface area (Å²) in [5.74, 6) is 0.749. The molecule has 0 saturated heterocycles. The van der Waals surface area contributed by atoms with Gasteiger partial charge in [-0.1, -0.05) is 13.0 Å². The molecule has 4 heteroatoms. The van der Waals surface area contributed by atoms with Crippen LogP contribution >= 0.6 is 0 Å². The van der Waals surface area contributed by atoms with Crippen LogP contribution in [0.3, 0.4) is 0 Å². The molecule has 0 fully saturated rings. The normalized spacial score (nSPS) is 9.83. The molecule has 1 aromatic rings. The van der Waals surface area contributed by atoms with Crippen LogP contribution in [0.25, 0.3) is 0 Å². The maximum absolute atomic E-state index is 11.5. The number of anilines is 1. The molecule has 0 aliphatic heterocycles. The number of benzene rings is 1. The van der Waals surface area contributed by atoms with Gasteiger partial charge >= 0.3 is 0 Å². The van der Waals surface area contributed by atoms with E-state index >= 15 is 0 Å². The summed E-state index contributed by atoms with van der Waals surface area (Å²) in [6, 6.07) is 7.36. The van der Waals surface area contributed by atoms with Crippen LogP contribution in [0.1, 0.15) is 13.3 Å². The van der Waals surface area contributed by atoms with E-state index < -0.39 is 0 Å². The summed E-state index contributed by atoms with van der Waals surface area (Å²) in [7, 11) is 0. The van der Waals surface area contributed by atoms with E-state index in [1.165, 1.54) is 0 Å². The highest BCUT2D eigenvalue weighted by atomic mass is 16.5. The fourth-order valence-corrected chi connectivity index (χ4v) is 1.35. The topological polar surface area (TPSA) is 50.4 Å². The zero-order valence-electron chi connectivity index (χ0n) is 10.7. The van der Waals surface area contributed by atoms with E-state index in [0.29, 0.717) is 13.2 Å². The Morgan fingerprint density at radius 3 is 2.72 bits per heavy atom. The Morgan fingerprint density at radius 1 is 1.39 bits per heavy atom. The molecular weight excluding hydrogens is 228 g/mol. The lowest BCUT2D eigenvalue weighted by atomic mass is 10.3. The van der Waals surface area contributed by atoms with Crippen LogP contribution in [0.4, 0.5) is 5.69 Å². The lowest BCUT2D eigenvalue weighted by molar-refractivity contribution is -0.115. The van der Waals surface area contributed by atoms with E-state index in [-0.39, 0.29) is 12.5 Å². The first kappa shape index (κ1) is 14.3. The summed E-state index contributed by atoms with van der Waals surface area (Å²) < 4.78 is 5.46. The van der Waals surface area contributed by atoms with Crippen molar-refractivity contribution in [2.24, 2.45) is 0 Å². The predicted molar refractivity (Wildman–Crippen MR) is 73.9 cm³/mol. The minimum Gasteiger partial charge on any atom is -0.494 e. The first-order chi connectivity index (χ1) is 8.76. The lowest BCUT2D eigenvalue weighted by Crippen LogP contribution is -2.27. The van der Waals surface area contributed by atoms with Crippen molar-refractivity contribution in [1.82, 2.24) is 5.32 Å². The van der Waals surface area contributed by atoms with Crippen molar-refractivity contribution < 1.29 is 9.53 Å². The second-order valence-electron chi connectivity index (χ2n) is 3.84. The van der Waals surface area contributed by atoms with Gasteiger partial charge in [-0.3, -0.25) is 4.79 Å². The molecule has 0 spiro atoms. The average Bonchev–Trinajstić information content (AvgIpc) is 2.38. The van der Waals surface area contributed by atoms with Gasteiger partial charge in [0.2, 0.25) is 5.91 Å². The van der Waals surface area contributed by atoms with Gasteiger partial charge in [-0.25, -0.2) is 0 Å².